The number of likely N-dealkylation sites (tertiary alicyclic amines) is 1. The van der Waals surface area contributed by atoms with E-state index < -0.39 is 18.0 Å². The SMILES string of the molecule is O=C(O)CC1CCCN1C(=O)C#CCNC(=O)OCC1c2ccccc2-c2ccccc21. The number of benzene rings is 2. The molecule has 2 aromatic carbocycles. The molecule has 7 heteroatoms. The second-order valence-corrected chi connectivity index (χ2v) is 7.87. The van der Waals surface area contributed by atoms with Gasteiger partial charge in [0.1, 0.15) is 6.61 Å². The van der Waals surface area contributed by atoms with Crippen molar-refractivity contribution in [2.24, 2.45) is 0 Å². The standard InChI is InChI=1S/C25H24N2O5/c28-23(27-14-6-7-17(27)15-24(29)30)12-5-13-26-25(31)32-16-22-20-10-3-1-8-18(20)19-9-2-4-11-21(19)22/h1-4,8-11,17,22H,6-7,13-16H2,(H,26,31)(H,29,30). The highest BCUT2D eigenvalue weighted by Crippen LogP contribution is 2.44. The van der Waals surface area contributed by atoms with Crippen LogP contribution in [0.4, 0.5) is 4.79 Å². The van der Waals surface area contributed by atoms with Crippen LogP contribution in [0.1, 0.15) is 36.3 Å². The predicted molar refractivity (Wildman–Crippen MR) is 118 cm³/mol. The molecule has 1 aliphatic carbocycles. The average Bonchev–Trinajstić information content (AvgIpc) is 3.37. The molecular weight excluding hydrogens is 408 g/mol. The van der Waals surface area contributed by atoms with Gasteiger partial charge in [-0.25, -0.2) is 4.79 Å². The van der Waals surface area contributed by atoms with Gasteiger partial charge < -0.3 is 20.1 Å². The van der Waals surface area contributed by atoms with Crippen LogP contribution in [0, 0.1) is 11.8 Å². The first-order chi connectivity index (χ1) is 15.5. The normalized spacial score (nSPS) is 16.5. The minimum absolute atomic E-state index is 0.0258. The molecule has 1 saturated heterocycles. The van der Waals surface area contributed by atoms with E-state index in [0.717, 1.165) is 28.7 Å². The molecule has 32 heavy (non-hydrogen) atoms. The molecule has 0 bridgehead atoms. The third-order valence-corrected chi connectivity index (χ3v) is 5.91. The van der Waals surface area contributed by atoms with Crippen molar-refractivity contribution in [3.05, 3.63) is 59.7 Å². The summed E-state index contributed by atoms with van der Waals surface area (Å²) in [6.07, 6.45) is 0.755. The number of carboxylic acids is 1. The van der Waals surface area contributed by atoms with Crippen molar-refractivity contribution in [1.82, 2.24) is 10.2 Å². The number of carbonyl (C=O) groups excluding carboxylic acids is 2. The van der Waals surface area contributed by atoms with Crippen LogP contribution in [0.15, 0.2) is 48.5 Å². The van der Waals surface area contributed by atoms with Crippen LogP contribution in [0.25, 0.3) is 11.1 Å². The molecule has 2 aromatic rings. The number of rotatable bonds is 5. The molecule has 7 nitrogen and oxygen atoms in total. The number of aliphatic carboxylic acids is 1. The Balaban J connectivity index is 1.28. The van der Waals surface area contributed by atoms with Crippen LogP contribution in [-0.4, -0.2) is 53.7 Å². The lowest BCUT2D eigenvalue weighted by atomic mass is 9.98. The maximum absolute atomic E-state index is 12.2. The van der Waals surface area contributed by atoms with Gasteiger partial charge in [-0.3, -0.25) is 9.59 Å². The van der Waals surface area contributed by atoms with E-state index in [1.54, 1.807) is 0 Å². The summed E-state index contributed by atoms with van der Waals surface area (Å²) < 4.78 is 5.43. The van der Waals surface area contributed by atoms with E-state index in [-0.39, 0.29) is 31.5 Å². The third-order valence-electron chi connectivity index (χ3n) is 5.91. The maximum atomic E-state index is 12.2. The smallest absolute Gasteiger partial charge is 0.407 e. The number of nitrogens with zero attached hydrogens (tertiary/aromatic N) is 1. The minimum Gasteiger partial charge on any atom is -0.481 e. The van der Waals surface area contributed by atoms with E-state index in [2.05, 4.69) is 29.3 Å². The highest BCUT2D eigenvalue weighted by molar-refractivity contribution is 5.94. The fourth-order valence-corrected chi connectivity index (χ4v) is 4.47. The lowest BCUT2D eigenvalue weighted by Gasteiger charge is -2.20. The largest absolute Gasteiger partial charge is 0.481 e. The molecule has 0 radical (unpaired) electrons. The van der Waals surface area contributed by atoms with Crippen LogP contribution in [0.2, 0.25) is 0 Å². The second-order valence-electron chi connectivity index (χ2n) is 7.87. The Bertz CT molecular complexity index is 1060. The number of carbonyl (C=O) groups is 3. The second kappa shape index (κ2) is 9.56. The molecule has 1 aliphatic heterocycles. The zero-order valence-corrected chi connectivity index (χ0v) is 17.5. The first kappa shape index (κ1) is 21.4. The number of alkyl carbamates (subject to hydrolysis) is 1. The molecule has 2 N–H and O–H groups in total. The molecular formula is C25H24N2O5. The summed E-state index contributed by atoms with van der Waals surface area (Å²) in [6.45, 7) is 0.683. The van der Waals surface area contributed by atoms with Gasteiger partial charge in [0.15, 0.2) is 0 Å². The van der Waals surface area contributed by atoms with Crippen molar-refractivity contribution < 1.29 is 24.2 Å². The van der Waals surface area contributed by atoms with Gasteiger partial charge in [-0.2, -0.15) is 0 Å². The molecule has 2 amide bonds. The summed E-state index contributed by atoms with van der Waals surface area (Å²) >= 11 is 0. The van der Waals surface area contributed by atoms with Crippen LogP contribution in [0.3, 0.4) is 0 Å². The molecule has 4 rings (SSSR count). The molecule has 2 aliphatic rings. The Morgan fingerprint density at radius 1 is 1.06 bits per heavy atom. The molecule has 1 heterocycles. The minimum atomic E-state index is -0.931. The molecule has 1 fully saturated rings. The van der Waals surface area contributed by atoms with Gasteiger partial charge in [-0.15, -0.1) is 0 Å². The van der Waals surface area contributed by atoms with Crippen molar-refractivity contribution in [2.75, 3.05) is 19.7 Å². The van der Waals surface area contributed by atoms with Crippen LogP contribution in [-0.2, 0) is 14.3 Å². The van der Waals surface area contributed by atoms with Gasteiger partial charge in [0.25, 0.3) is 5.91 Å². The Kier molecular flexibility index (Phi) is 6.41. The van der Waals surface area contributed by atoms with Gasteiger partial charge in [0.05, 0.1) is 13.0 Å². The number of ether oxygens (including phenoxy) is 1. The summed E-state index contributed by atoms with van der Waals surface area (Å²) in [5.74, 6) is 3.74. The highest BCUT2D eigenvalue weighted by atomic mass is 16.5. The number of carboxylic acid groups (broad SMARTS) is 1. The number of hydrogen-bond acceptors (Lipinski definition) is 4. The molecule has 0 saturated carbocycles. The van der Waals surface area contributed by atoms with Crippen LogP contribution < -0.4 is 5.32 Å². The zero-order chi connectivity index (χ0) is 22.5. The lowest BCUT2D eigenvalue weighted by Crippen LogP contribution is -2.36. The quantitative estimate of drug-likeness (QED) is 0.708. The zero-order valence-electron chi connectivity index (χ0n) is 17.5. The molecule has 0 aromatic heterocycles. The molecule has 0 spiro atoms. The van der Waals surface area contributed by atoms with E-state index in [9.17, 15) is 14.4 Å². The van der Waals surface area contributed by atoms with Crippen molar-refractivity contribution in [1.29, 1.82) is 0 Å². The van der Waals surface area contributed by atoms with Crippen molar-refractivity contribution in [3.8, 4) is 23.0 Å². The van der Waals surface area contributed by atoms with Gasteiger partial charge in [0.2, 0.25) is 0 Å². The lowest BCUT2D eigenvalue weighted by molar-refractivity contribution is -0.139. The average molecular weight is 432 g/mol. The Morgan fingerprint density at radius 3 is 2.38 bits per heavy atom. The van der Waals surface area contributed by atoms with Crippen LogP contribution >= 0.6 is 0 Å². The Morgan fingerprint density at radius 2 is 1.72 bits per heavy atom. The summed E-state index contributed by atoms with van der Waals surface area (Å²) in [6, 6.07) is 15.9. The fourth-order valence-electron chi connectivity index (χ4n) is 4.47. The first-order valence-corrected chi connectivity index (χ1v) is 10.6. The summed E-state index contributed by atoms with van der Waals surface area (Å²) in [4.78, 5) is 36.8. The number of nitrogens with one attached hydrogen (secondary N) is 1. The van der Waals surface area contributed by atoms with E-state index in [0.29, 0.717) is 13.0 Å². The van der Waals surface area contributed by atoms with E-state index in [1.807, 2.05) is 36.4 Å². The predicted octanol–water partition coefficient (Wildman–Crippen LogP) is 2.99. The number of amides is 2. The van der Waals surface area contributed by atoms with Crippen molar-refractivity contribution in [3.63, 3.8) is 0 Å². The monoisotopic (exact) mass is 432 g/mol. The molecule has 1 unspecified atom stereocenters. The van der Waals surface area contributed by atoms with Gasteiger partial charge in [0, 0.05) is 18.5 Å². The molecule has 164 valence electrons. The van der Waals surface area contributed by atoms with E-state index in [1.165, 1.54) is 4.90 Å². The van der Waals surface area contributed by atoms with E-state index in [4.69, 9.17) is 9.84 Å². The van der Waals surface area contributed by atoms with E-state index >= 15 is 0 Å². The van der Waals surface area contributed by atoms with Gasteiger partial charge in [-0.1, -0.05) is 54.5 Å². The van der Waals surface area contributed by atoms with Crippen LogP contribution in [0.5, 0.6) is 0 Å². The summed E-state index contributed by atoms with van der Waals surface area (Å²) in [5, 5.41) is 11.5. The topological polar surface area (TPSA) is 95.9 Å². The van der Waals surface area contributed by atoms with Crippen molar-refractivity contribution >= 4 is 18.0 Å². The number of hydrogen-bond donors (Lipinski definition) is 2. The van der Waals surface area contributed by atoms with Gasteiger partial charge in [-0.05, 0) is 41.0 Å². The number of fused-ring (bicyclic) bond motifs is 3. The Hall–Kier alpha value is -3.79. The summed E-state index contributed by atoms with van der Waals surface area (Å²) in [7, 11) is 0. The first-order valence-electron chi connectivity index (χ1n) is 10.6. The highest BCUT2D eigenvalue weighted by Gasteiger charge is 2.30. The van der Waals surface area contributed by atoms with Gasteiger partial charge >= 0.3 is 12.1 Å². The Labute approximate surface area is 186 Å². The summed E-state index contributed by atoms with van der Waals surface area (Å²) in [5.41, 5.74) is 4.58. The third kappa shape index (κ3) is 4.59. The fraction of sp³-hybridized carbons (Fsp3) is 0.320. The maximum Gasteiger partial charge on any atom is 0.407 e. The van der Waals surface area contributed by atoms with Crippen molar-refractivity contribution in [2.45, 2.75) is 31.2 Å². The molecule has 1 atom stereocenters.